The number of rotatable bonds is 9. The number of pyridine rings is 1. The molecule has 7 nitrogen and oxygen atoms in total. The maximum Gasteiger partial charge on any atom is 0.258 e. The number of ether oxygens (including phenoxy) is 1. The molecule has 1 amide bonds. The van der Waals surface area contributed by atoms with Crippen LogP contribution in [0.3, 0.4) is 0 Å². The van der Waals surface area contributed by atoms with Crippen molar-refractivity contribution in [3.8, 4) is 22.9 Å². The molecule has 1 aromatic heterocycles. The van der Waals surface area contributed by atoms with E-state index in [0.717, 1.165) is 34.4 Å². The molecule has 1 aliphatic heterocycles. The van der Waals surface area contributed by atoms with Gasteiger partial charge in [-0.15, -0.1) is 0 Å². The number of aliphatic hydroxyl groups is 1. The molecule has 0 spiro atoms. The quantitative estimate of drug-likeness (QED) is 0.326. The highest BCUT2D eigenvalue weighted by molar-refractivity contribution is 6.08. The number of benzene rings is 3. The molecule has 0 aliphatic carbocycles. The van der Waals surface area contributed by atoms with Crippen LogP contribution in [0.15, 0.2) is 85.2 Å². The zero-order chi connectivity index (χ0) is 26.3. The fraction of sp³-hybridized carbons (Fsp3) is 0.194. The van der Waals surface area contributed by atoms with Gasteiger partial charge in [0.1, 0.15) is 18.4 Å². The number of hydrogen-bond donors (Lipinski definition) is 2. The zero-order valence-corrected chi connectivity index (χ0v) is 20.9. The normalized spacial score (nSPS) is 12.2. The van der Waals surface area contributed by atoms with Gasteiger partial charge >= 0.3 is 0 Å². The molecule has 4 aromatic rings. The molecule has 5 rings (SSSR count). The van der Waals surface area contributed by atoms with Crippen LogP contribution in [0.4, 0.5) is 5.69 Å². The molecule has 0 saturated heterocycles. The summed E-state index contributed by atoms with van der Waals surface area (Å²) in [4.78, 5) is 19.6. The van der Waals surface area contributed by atoms with Gasteiger partial charge in [0.15, 0.2) is 0 Å². The third kappa shape index (κ3) is 5.42. The summed E-state index contributed by atoms with van der Waals surface area (Å²) in [5.41, 5.74) is 7.04. The predicted molar refractivity (Wildman–Crippen MR) is 146 cm³/mol. The Morgan fingerprint density at radius 2 is 1.95 bits per heavy atom. The van der Waals surface area contributed by atoms with Crippen molar-refractivity contribution in [1.29, 1.82) is 5.26 Å². The van der Waals surface area contributed by atoms with E-state index < -0.39 is 0 Å². The van der Waals surface area contributed by atoms with Gasteiger partial charge in [0.25, 0.3) is 5.91 Å². The Labute approximate surface area is 222 Å². The molecule has 7 heteroatoms. The molecule has 1 aliphatic rings. The smallest absolute Gasteiger partial charge is 0.258 e. The Morgan fingerprint density at radius 3 is 2.76 bits per heavy atom. The van der Waals surface area contributed by atoms with E-state index in [-0.39, 0.29) is 19.1 Å². The van der Waals surface area contributed by atoms with E-state index in [1.54, 1.807) is 18.3 Å². The van der Waals surface area contributed by atoms with Gasteiger partial charge in [-0.25, -0.2) is 0 Å². The lowest BCUT2D eigenvalue weighted by Crippen LogP contribution is -2.29. The van der Waals surface area contributed by atoms with E-state index in [0.29, 0.717) is 36.5 Å². The van der Waals surface area contributed by atoms with Crippen LogP contribution in [-0.4, -0.2) is 35.7 Å². The van der Waals surface area contributed by atoms with Gasteiger partial charge < -0.3 is 20.1 Å². The van der Waals surface area contributed by atoms with Gasteiger partial charge in [-0.3, -0.25) is 9.78 Å². The monoisotopic (exact) mass is 504 g/mol. The minimum Gasteiger partial charge on any atom is -0.488 e. The van der Waals surface area contributed by atoms with Gasteiger partial charge in [0, 0.05) is 54.4 Å². The maximum absolute atomic E-state index is 13.7. The number of aromatic nitrogens is 1. The van der Waals surface area contributed by atoms with Crippen molar-refractivity contribution in [3.63, 3.8) is 0 Å². The average Bonchev–Trinajstić information content (AvgIpc) is 3.41. The summed E-state index contributed by atoms with van der Waals surface area (Å²) in [5.74, 6) is 0.489. The molecule has 0 fully saturated rings. The van der Waals surface area contributed by atoms with E-state index in [1.165, 1.54) is 11.8 Å². The summed E-state index contributed by atoms with van der Waals surface area (Å²) in [6.07, 6.45) is 3.95. The molecular weight excluding hydrogens is 476 g/mol. The topological polar surface area (TPSA) is 98.5 Å². The van der Waals surface area contributed by atoms with Crippen molar-refractivity contribution in [2.75, 3.05) is 24.6 Å². The van der Waals surface area contributed by atoms with E-state index in [2.05, 4.69) is 34.6 Å². The minimum atomic E-state index is -0.0816. The van der Waals surface area contributed by atoms with Gasteiger partial charge in [0.05, 0.1) is 12.2 Å². The number of aliphatic hydroxyl groups excluding tert-OH is 1. The lowest BCUT2D eigenvalue weighted by atomic mass is 9.98. The first-order valence-electron chi connectivity index (χ1n) is 12.6. The first-order valence-corrected chi connectivity index (χ1v) is 12.6. The Hall–Kier alpha value is -4.51. The van der Waals surface area contributed by atoms with Crippen molar-refractivity contribution in [2.45, 2.75) is 19.6 Å². The molecular formula is C31H28N4O3. The summed E-state index contributed by atoms with van der Waals surface area (Å²) in [5, 5.41) is 21.5. The molecule has 3 aromatic carbocycles. The zero-order valence-electron chi connectivity index (χ0n) is 20.9. The molecule has 0 atom stereocenters. The van der Waals surface area contributed by atoms with Crippen LogP contribution in [0, 0.1) is 11.3 Å². The molecule has 2 N–H and O–H groups in total. The van der Waals surface area contributed by atoms with Crippen LogP contribution < -0.4 is 15.0 Å². The molecule has 0 saturated carbocycles. The van der Waals surface area contributed by atoms with E-state index in [9.17, 15) is 4.79 Å². The van der Waals surface area contributed by atoms with Crippen molar-refractivity contribution < 1.29 is 14.6 Å². The predicted octanol–water partition coefficient (Wildman–Crippen LogP) is 4.48. The number of nitrogens with zero attached hydrogens (tertiary/aromatic N) is 3. The number of amides is 1. The fourth-order valence-electron chi connectivity index (χ4n) is 4.75. The highest BCUT2D eigenvalue weighted by Crippen LogP contribution is 2.37. The molecule has 190 valence electrons. The number of carbonyl (C=O) groups excluding carboxylic acids is 1. The summed E-state index contributed by atoms with van der Waals surface area (Å²) in [7, 11) is 0. The lowest BCUT2D eigenvalue weighted by Gasteiger charge is -2.20. The first kappa shape index (κ1) is 25.2. The van der Waals surface area contributed by atoms with Gasteiger partial charge in [-0.2, -0.15) is 5.26 Å². The largest absolute Gasteiger partial charge is 0.488 e. The van der Waals surface area contributed by atoms with Crippen molar-refractivity contribution in [2.24, 2.45) is 0 Å². The van der Waals surface area contributed by atoms with Crippen LogP contribution in [0.5, 0.6) is 5.75 Å². The van der Waals surface area contributed by atoms with Gasteiger partial charge in [-0.1, -0.05) is 48.5 Å². The van der Waals surface area contributed by atoms with Gasteiger partial charge in [0.2, 0.25) is 0 Å². The Bertz CT molecular complexity index is 1480. The third-order valence-corrected chi connectivity index (χ3v) is 6.59. The number of nitrogens with one attached hydrogen (secondary N) is 1. The lowest BCUT2D eigenvalue weighted by molar-refractivity contribution is 0.0989. The summed E-state index contributed by atoms with van der Waals surface area (Å²) >= 11 is 0. The number of fused-ring (bicyclic) bond motifs is 1. The highest BCUT2D eigenvalue weighted by Gasteiger charge is 2.28. The van der Waals surface area contributed by atoms with E-state index in [1.807, 2.05) is 47.4 Å². The molecule has 0 unspecified atom stereocenters. The first-order chi connectivity index (χ1) is 18.7. The van der Waals surface area contributed by atoms with Crippen molar-refractivity contribution in [1.82, 2.24) is 10.3 Å². The number of anilines is 1. The maximum atomic E-state index is 13.7. The summed E-state index contributed by atoms with van der Waals surface area (Å²) in [6, 6.07) is 25.7. The second kappa shape index (κ2) is 11.7. The van der Waals surface area contributed by atoms with Crippen LogP contribution >= 0.6 is 0 Å². The Kier molecular flexibility index (Phi) is 7.74. The number of carbonyl (C=O) groups is 1. The second-order valence-electron chi connectivity index (χ2n) is 9.08. The minimum absolute atomic E-state index is 0.0265. The summed E-state index contributed by atoms with van der Waals surface area (Å²) in [6.45, 7) is 1.77. The Balaban J connectivity index is 1.41. The van der Waals surface area contributed by atoms with Crippen molar-refractivity contribution >= 4 is 11.6 Å². The summed E-state index contributed by atoms with van der Waals surface area (Å²) < 4.78 is 6.13. The second-order valence-corrected chi connectivity index (χ2v) is 9.08. The van der Waals surface area contributed by atoms with Gasteiger partial charge in [-0.05, 0) is 47.4 Å². The third-order valence-electron chi connectivity index (χ3n) is 6.59. The van der Waals surface area contributed by atoms with E-state index in [4.69, 9.17) is 15.1 Å². The van der Waals surface area contributed by atoms with Crippen LogP contribution in [0.25, 0.3) is 11.1 Å². The SMILES string of the molecule is N#Cc1cncc(COc2cc(C(=O)N3CCc4c(-c5ccccc5)cccc43)ccc2CNCCO)c1. The molecule has 38 heavy (non-hydrogen) atoms. The highest BCUT2D eigenvalue weighted by atomic mass is 16.5. The number of nitriles is 1. The van der Waals surface area contributed by atoms with Crippen LogP contribution in [0.1, 0.15) is 32.6 Å². The average molecular weight is 505 g/mol. The Morgan fingerprint density at radius 1 is 1.08 bits per heavy atom. The van der Waals surface area contributed by atoms with Crippen molar-refractivity contribution in [3.05, 3.63) is 113 Å². The fourth-order valence-corrected chi connectivity index (χ4v) is 4.75. The molecule has 0 radical (unpaired) electrons. The number of hydrogen-bond acceptors (Lipinski definition) is 6. The standard InChI is InChI=1S/C31H28N4O3/c32-17-22-15-23(19-34-18-22)21-38-30-16-25(9-10-26(30)20-33-12-14-36)31(37)35-13-11-28-27(7-4-8-29(28)35)24-5-2-1-3-6-24/h1-10,15-16,18-19,33,36H,11-14,20-21H2. The van der Waals surface area contributed by atoms with Crippen LogP contribution in [0.2, 0.25) is 0 Å². The molecule has 0 bridgehead atoms. The molecule has 2 heterocycles. The van der Waals surface area contributed by atoms with E-state index >= 15 is 0 Å². The van der Waals surface area contributed by atoms with Crippen LogP contribution in [-0.2, 0) is 19.6 Å².